The van der Waals surface area contributed by atoms with E-state index in [2.05, 4.69) is 0 Å². The number of fused-ring (bicyclic) bond motifs is 1. The summed E-state index contributed by atoms with van der Waals surface area (Å²) in [6, 6.07) is 7.12. The fraction of sp³-hybridized carbons (Fsp3) is 0.444. The van der Waals surface area contributed by atoms with E-state index in [9.17, 15) is 9.59 Å². The lowest BCUT2D eigenvalue weighted by Crippen LogP contribution is -2.42. The summed E-state index contributed by atoms with van der Waals surface area (Å²) in [7, 11) is 1.58. The Hall–Kier alpha value is -2.34. The van der Waals surface area contributed by atoms with Crippen molar-refractivity contribution >= 4 is 16.7 Å². The smallest absolute Gasteiger partial charge is 0.270 e. The molecular weight excluding hydrogens is 308 g/mol. The molecule has 1 aliphatic heterocycles. The largest absolute Gasteiger partial charge is 0.497 e. The molecular formula is C18H22N2O4. The van der Waals surface area contributed by atoms with E-state index in [-0.39, 0.29) is 11.5 Å². The second-order valence-electron chi connectivity index (χ2n) is 5.84. The van der Waals surface area contributed by atoms with E-state index in [4.69, 9.17) is 9.47 Å². The van der Waals surface area contributed by atoms with Crippen LogP contribution in [-0.4, -0.2) is 48.8 Å². The van der Waals surface area contributed by atoms with Crippen molar-refractivity contribution in [3.63, 3.8) is 0 Å². The second-order valence-corrected chi connectivity index (χ2v) is 5.84. The van der Waals surface area contributed by atoms with Crippen LogP contribution in [0.25, 0.3) is 10.8 Å². The highest BCUT2D eigenvalue weighted by Gasteiger charge is 2.22. The predicted octanol–water partition coefficient (Wildman–Crippen LogP) is 1.89. The molecule has 0 N–H and O–H groups in total. The van der Waals surface area contributed by atoms with Crippen molar-refractivity contribution in [2.75, 3.05) is 33.4 Å². The Morgan fingerprint density at radius 3 is 2.67 bits per heavy atom. The summed E-state index contributed by atoms with van der Waals surface area (Å²) in [4.78, 5) is 27.5. The standard InChI is InChI=1S/C18H22N2O4/c1-3-6-20-16(18(22)19-7-9-24-10-8-19)12-13-11-14(23-2)4-5-15(13)17(20)21/h4-5,11-12H,3,6-10H2,1-2H3. The van der Waals surface area contributed by atoms with Crippen LogP contribution < -0.4 is 10.3 Å². The zero-order chi connectivity index (χ0) is 17.1. The number of benzene rings is 1. The maximum Gasteiger partial charge on any atom is 0.270 e. The zero-order valence-corrected chi connectivity index (χ0v) is 14.1. The van der Waals surface area contributed by atoms with Gasteiger partial charge in [0.05, 0.1) is 20.3 Å². The van der Waals surface area contributed by atoms with Gasteiger partial charge in [0.25, 0.3) is 11.5 Å². The Morgan fingerprint density at radius 1 is 1.25 bits per heavy atom. The molecule has 6 nitrogen and oxygen atoms in total. The van der Waals surface area contributed by atoms with Crippen LogP contribution in [0.1, 0.15) is 23.8 Å². The van der Waals surface area contributed by atoms with Gasteiger partial charge in [-0.2, -0.15) is 0 Å². The summed E-state index contributed by atoms with van der Waals surface area (Å²) < 4.78 is 12.1. The summed E-state index contributed by atoms with van der Waals surface area (Å²) in [6.07, 6.45) is 0.783. The predicted molar refractivity (Wildman–Crippen MR) is 91.8 cm³/mol. The number of aromatic nitrogens is 1. The van der Waals surface area contributed by atoms with E-state index in [1.807, 2.05) is 6.92 Å². The van der Waals surface area contributed by atoms with Crippen LogP contribution in [0.4, 0.5) is 0 Å². The molecule has 2 heterocycles. The van der Waals surface area contributed by atoms with Crippen LogP contribution in [0.5, 0.6) is 5.75 Å². The van der Waals surface area contributed by atoms with E-state index in [0.717, 1.165) is 11.8 Å². The van der Waals surface area contributed by atoms with E-state index >= 15 is 0 Å². The Balaban J connectivity index is 2.14. The van der Waals surface area contributed by atoms with Crippen molar-refractivity contribution in [2.45, 2.75) is 19.9 Å². The molecule has 6 heteroatoms. The first-order chi connectivity index (χ1) is 11.7. The van der Waals surface area contributed by atoms with E-state index in [1.165, 1.54) is 0 Å². The number of methoxy groups -OCH3 is 1. The van der Waals surface area contributed by atoms with E-state index in [1.54, 1.807) is 40.8 Å². The molecule has 1 aromatic heterocycles. The summed E-state index contributed by atoms with van der Waals surface area (Å²) >= 11 is 0. The molecule has 128 valence electrons. The lowest BCUT2D eigenvalue weighted by molar-refractivity contribution is 0.0295. The first kappa shape index (κ1) is 16.5. The second kappa shape index (κ2) is 7.05. The molecule has 0 saturated carbocycles. The topological polar surface area (TPSA) is 60.8 Å². The van der Waals surface area contributed by atoms with Gasteiger partial charge in [-0.05, 0) is 36.1 Å². The molecule has 1 aromatic carbocycles. The third kappa shape index (κ3) is 3.01. The number of nitrogens with zero attached hydrogens (tertiary/aromatic N) is 2. The van der Waals surface area contributed by atoms with Crippen molar-refractivity contribution < 1.29 is 14.3 Å². The van der Waals surface area contributed by atoms with Crippen molar-refractivity contribution in [3.8, 4) is 5.75 Å². The molecule has 0 aliphatic carbocycles. The number of hydrogen-bond acceptors (Lipinski definition) is 4. The highest BCUT2D eigenvalue weighted by atomic mass is 16.5. The molecule has 1 fully saturated rings. The van der Waals surface area contributed by atoms with E-state index in [0.29, 0.717) is 49.7 Å². The molecule has 1 aliphatic rings. The number of carbonyl (C=O) groups is 1. The van der Waals surface area contributed by atoms with Gasteiger partial charge in [0.2, 0.25) is 0 Å². The van der Waals surface area contributed by atoms with Gasteiger partial charge >= 0.3 is 0 Å². The lowest BCUT2D eigenvalue weighted by Gasteiger charge is -2.28. The van der Waals surface area contributed by atoms with Gasteiger partial charge in [0, 0.05) is 25.0 Å². The molecule has 0 spiro atoms. The molecule has 1 saturated heterocycles. The van der Waals surface area contributed by atoms with Crippen LogP contribution >= 0.6 is 0 Å². The average Bonchev–Trinajstić information content (AvgIpc) is 2.63. The summed E-state index contributed by atoms with van der Waals surface area (Å²) in [5.41, 5.74) is 0.304. The number of pyridine rings is 1. The van der Waals surface area contributed by atoms with Gasteiger partial charge < -0.3 is 18.9 Å². The summed E-state index contributed by atoms with van der Waals surface area (Å²) in [5.74, 6) is 0.550. The number of morpholine rings is 1. The normalized spacial score (nSPS) is 14.8. The van der Waals surface area contributed by atoms with Crippen LogP contribution in [-0.2, 0) is 11.3 Å². The molecule has 0 bridgehead atoms. The first-order valence-electron chi connectivity index (χ1n) is 8.24. The highest BCUT2D eigenvalue weighted by molar-refractivity contribution is 5.97. The van der Waals surface area contributed by atoms with Crippen molar-refractivity contribution in [3.05, 3.63) is 40.3 Å². The minimum absolute atomic E-state index is 0.117. The van der Waals surface area contributed by atoms with Crippen molar-refractivity contribution in [1.29, 1.82) is 0 Å². The van der Waals surface area contributed by atoms with Crippen LogP contribution in [0.2, 0.25) is 0 Å². The first-order valence-corrected chi connectivity index (χ1v) is 8.24. The van der Waals surface area contributed by atoms with E-state index < -0.39 is 0 Å². The van der Waals surface area contributed by atoms with Gasteiger partial charge in [0.1, 0.15) is 11.4 Å². The van der Waals surface area contributed by atoms with Gasteiger partial charge in [-0.1, -0.05) is 6.92 Å². The average molecular weight is 330 g/mol. The number of hydrogen-bond donors (Lipinski definition) is 0. The van der Waals surface area contributed by atoms with Crippen molar-refractivity contribution in [2.24, 2.45) is 0 Å². The molecule has 0 atom stereocenters. The molecule has 2 aromatic rings. The number of amides is 1. The Labute approximate surface area is 140 Å². The molecule has 1 amide bonds. The van der Waals surface area contributed by atoms with Gasteiger partial charge in [0.15, 0.2) is 0 Å². The fourth-order valence-electron chi connectivity index (χ4n) is 3.01. The molecule has 0 radical (unpaired) electrons. The van der Waals surface area contributed by atoms with Gasteiger partial charge in [-0.25, -0.2) is 0 Å². The minimum Gasteiger partial charge on any atom is -0.497 e. The van der Waals surface area contributed by atoms with Crippen LogP contribution in [0.15, 0.2) is 29.1 Å². The van der Waals surface area contributed by atoms with Crippen molar-refractivity contribution in [1.82, 2.24) is 9.47 Å². The Kier molecular flexibility index (Phi) is 4.85. The quantitative estimate of drug-likeness (QED) is 0.859. The molecule has 0 unspecified atom stereocenters. The summed E-state index contributed by atoms with van der Waals surface area (Å²) in [5, 5.41) is 1.33. The maximum absolute atomic E-state index is 12.9. The lowest BCUT2D eigenvalue weighted by atomic mass is 10.1. The number of ether oxygens (including phenoxy) is 2. The maximum atomic E-state index is 12.9. The molecule has 3 rings (SSSR count). The Morgan fingerprint density at radius 2 is 2.00 bits per heavy atom. The van der Waals surface area contributed by atoms with Gasteiger partial charge in [-0.3, -0.25) is 9.59 Å². The fourth-order valence-corrected chi connectivity index (χ4v) is 3.01. The minimum atomic E-state index is -0.131. The SMILES string of the molecule is CCCn1c(C(=O)N2CCOCC2)cc2cc(OC)ccc2c1=O. The van der Waals surface area contributed by atoms with Crippen LogP contribution in [0.3, 0.4) is 0 Å². The highest BCUT2D eigenvalue weighted by Crippen LogP contribution is 2.20. The van der Waals surface area contributed by atoms with Gasteiger partial charge in [-0.15, -0.1) is 0 Å². The Bertz CT molecular complexity index is 807. The third-order valence-corrected chi connectivity index (χ3v) is 4.28. The number of carbonyl (C=O) groups excluding carboxylic acids is 1. The summed E-state index contributed by atoms with van der Waals surface area (Å²) in [6.45, 7) is 4.68. The third-order valence-electron chi connectivity index (χ3n) is 4.28. The van der Waals surface area contributed by atoms with Crippen LogP contribution in [0, 0.1) is 0 Å². The zero-order valence-electron chi connectivity index (χ0n) is 14.1. The molecule has 24 heavy (non-hydrogen) atoms. The monoisotopic (exact) mass is 330 g/mol. The number of rotatable bonds is 4.